The molecule has 7 aliphatic heterocycles. The number of unbranched alkanes of at least 4 members (excludes halogenated alkanes) is 3. The van der Waals surface area contributed by atoms with Crippen molar-refractivity contribution in [2.45, 2.75) is 284 Å². The Morgan fingerprint density at radius 3 is 0.888 bits per heavy atom. The fraction of sp³-hybridized carbons (Fsp3) is 0.567. The van der Waals surface area contributed by atoms with Crippen LogP contribution in [0, 0.1) is 56.2 Å². The third-order valence-corrected chi connectivity index (χ3v) is 42.0. The predicted molar refractivity (Wildman–Crippen MR) is 531 cm³/mol. The Kier molecular flexibility index (Phi) is 36.8. The van der Waals surface area contributed by atoms with Crippen molar-refractivity contribution < 1.29 is 104 Å². The highest BCUT2D eigenvalue weighted by molar-refractivity contribution is 7.93. The van der Waals surface area contributed by atoms with Gasteiger partial charge in [-0.2, -0.15) is 0 Å². The summed E-state index contributed by atoms with van der Waals surface area (Å²) in [4.78, 5) is 39.2. The molecule has 746 valence electrons. The highest BCUT2D eigenvalue weighted by Gasteiger charge is 2.49. The third-order valence-electron chi connectivity index (χ3n) is 29.1. The van der Waals surface area contributed by atoms with E-state index in [1.165, 1.54) is 31.1 Å². The van der Waals surface area contributed by atoms with Crippen LogP contribution in [0.5, 0.6) is 34.5 Å². The molecule has 0 radical (unpaired) electrons. The number of rotatable bonds is 12. The lowest BCUT2D eigenvalue weighted by Gasteiger charge is -2.32. The summed E-state index contributed by atoms with van der Waals surface area (Å²) in [5, 5.41) is 30.6. The minimum absolute atomic E-state index is 0. The summed E-state index contributed by atoms with van der Waals surface area (Å²) in [6.07, 6.45) is 1.75. The molecule has 134 heavy (non-hydrogen) atoms. The maximum absolute atomic E-state index is 13.0. The van der Waals surface area contributed by atoms with E-state index in [2.05, 4.69) is 55.4 Å². The molecular formula is C104H151NO23S6. The molecule has 0 aliphatic carbocycles. The van der Waals surface area contributed by atoms with Crippen LogP contribution in [0.2, 0.25) is 0 Å². The van der Waals surface area contributed by atoms with Crippen molar-refractivity contribution in [2.75, 3.05) is 69.0 Å². The van der Waals surface area contributed by atoms with E-state index in [0.29, 0.717) is 89.8 Å². The molecule has 7 aromatic rings. The fourth-order valence-electron chi connectivity index (χ4n) is 19.6. The number of fused-ring (bicyclic) bond motifs is 7. The van der Waals surface area contributed by atoms with Gasteiger partial charge in [0.1, 0.15) is 34.5 Å². The van der Waals surface area contributed by atoms with Crippen LogP contribution in [0.15, 0.2) is 163 Å². The topological polar surface area (TPSA) is 366 Å². The molecule has 0 spiro atoms. The van der Waals surface area contributed by atoms with Crippen molar-refractivity contribution in [1.29, 1.82) is 0 Å². The van der Waals surface area contributed by atoms with E-state index < -0.39 is 88.0 Å². The van der Waals surface area contributed by atoms with Gasteiger partial charge in [-0.3, -0.25) is 19.3 Å². The number of methoxy groups -OCH3 is 3. The second-order valence-electron chi connectivity index (χ2n) is 41.3. The number of phenolic OH excluding ortho intramolecular Hbond substituents is 1. The fourth-order valence-corrected chi connectivity index (χ4v) is 33.3. The second-order valence-corrected chi connectivity index (χ2v) is 53.0. The van der Waals surface area contributed by atoms with Crippen LogP contribution in [0.25, 0.3) is 0 Å². The monoisotopic (exact) mass is 1970 g/mol. The first-order chi connectivity index (χ1) is 60.3. The third kappa shape index (κ3) is 25.1. The average molecular weight is 1980 g/mol. The zero-order valence-electron chi connectivity index (χ0n) is 81.0. The first-order valence-corrected chi connectivity index (χ1v) is 54.8. The molecule has 7 heterocycles. The standard InChI is InChI=1S/C27H33NO6S.C16H22O4S.2C15H22O3S.C14H20O4S.C14H20O3S.3CH4/c1-18-20-13-12-19(16-23(20)35(32,33)17-27(2,3)24(18)29)34-15-9-5-4-8-14-28-25(30)21-10-6-7-11-22(21)26(28)31;1-10-11(2)16(4,5)9-21(18,19)15-8-13(20-12(3)17)6-7-14(10)15;2*1-10-11(2)15(3,4)9-19(16,17)14-8-12(18-5)6-7-13(10)14;1-9-11-6-5-10(18-4)7-12(11)19(16,17)8-14(2,3)13(9)15;1-9-10(2)14(3,4)8-18(16,17)13-7-11(15)5-6-12(9)13;;;/h6-7,10-13,16,18,24,29H,4-5,8-9,14-15,17H2,1-3H3;6-8,10-11H,9H2,1-5H3;2*6-8,10-11H,9H2,1-5H3;5-7,9,13,15H,8H2,1-4H3;5-7,9-10,15H,8H2,1-4H3;3*1H4/t18-,24?;10-,11+;10-,11?;10-,11+;9-,13-;9-,10?;;;/m100010.../s1. The zero-order chi connectivity index (χ0) is 98.4. The summed E-state index contributed by atoms with van der Waals surface area (Å²) >= 11 is 0. The lowest BCUT2D eigenvalue weighted by atomic mass is 9.73. The Labute approximate surface area is 801 Å². The quantitative estimate of drug-likeness (QED) is 0.0443. The molecule has 0 bridgehead atoms. The summed E-state index contributed by atoms with van der Waals surface area (Å²) in [7, 11) is -15.6. The highest BCUT2D eigenvalue weighted by atomic mass is 32.2. The van der Waals surface area contributed by atoms with Crippen molar-refractivity contribution in [1.82, 2.24) is 4.90 Å². The first kappa shape index (κ1) is 114. The number of carbonyl (C=O) groups is 3. The van der Waals surface area contributed by atoms with Crippen molar-refractivity contribution in [3.63, 3.8) is 0 Å². The minimum Gasteiger partial charge on any atom is -0.508 e. The van der Waals surface area contributed by atoms with E-state index in [4.69, 9.17) is 23.7 Å². The molecule has 12 atom stereocenters. The van der Waals surface area contributed by atoms with Gasteiger partial charge in [-0.1, -0.05) is 236 Å². The lowest BCUT2D eigenvalue weighted by Crippen LogP contribution is -2.36. The summed E-state index contributed by atoms with van der Waals surface area (Å²) in [6, 6.07) is 37.4. The largest absolute Gasteiger partial charge is 0.508 e. The number of hydrogen-bond donors (Lipinski definition) is 3. The van der Waals surface area contributed by atoms with Gasteiger partial charge >= 0.3 is 5.97 Å². The molecule has 3 N–H and O–H groups in total. The van der Waals surface area contributed by atoms with Crippen LogP contribution in [-0.4, -0.2) is 170 Å². The molecule has 7 aromatic carbocycles. The van der Waals surface area contributed by atoms with E-state index >= 15 is 0 Å². The molecule has 14 rings (SSSR count). The molecule has 0 saturated heterocycles. The Hall–Kier alpha value is -8.23. The van der Waals surface area contributed by atoms with Crippen LogP contribution < -0.4 is 23.7 Å². The second kappa shape index (κ2) is 43.0. The molecule has 30 heteroatoms. The number of esters is 1. The van der Waals surface area contributed by atoms with Crippen molar-refractivity contribution in [2.24, 2.45) is 56.2 Å². The SMILES string of the molecule is C.C.C.CC(=O)Oc1ccc2c(c1)S(=O)(=O)CC(C)(C)[C@H](C)[C@@H]2C.CC1[C@H](C)c2ccc(O)cc2S(=O)(=O)CC1(C)C.COc1ccc2c(c1)S(=O)(=O)CC(C)(C)C(C)[C@@H]2C.COc1ccc2c(c1)S(=O)(=O)CC(C)(C)[C@H](C)[C@@H]2C.COc1ccc2c(c1)S(=O)(=O)CC(C)(C)[C@H](O)[C@@H]2C.C[C@@H]1c2ccc(OCCCCCCN3C(=O)c4ccccc4C3=O)cc2S(=O)(=O)CC(C)(C)C1O. The smallest absolute Gasteiger partial charge is 0.308 e. The number of aliphatic hydroxyl groups is 2. The number of aliphatic hydroxyl groups excluding tert-OH is 2. The van der Waals surface area contributed by atoms with Gasteiger partial charge in [0.15, 0.2) is 59.0 Å². The van der Waals surface area contributed by atoms with Gasteiger partial charge < -0.3 is 39.0 Å². The van der Waals surface area contributed by atoms with Gasteiger partial charge in [-0.05, 0) is 200 Å². The Morgan fingerprint density at radius 2 is 0.590 bits per heavy atom. The number of carbonyl (C=O) groups excluding carboxylic acids is 3. The molecule has 0 aromatic heterocycles. The molecule has 0 saturated carbocycles. The average Bonchev–Trinajstić information content (AvgIpc) is 1.63. The van der Waals surface area contributed by atoms with Crippen molar-refractivity contribution in [3.05, 3.63) is 178 Å². The zero-order valence-corrected chi connectivity index (χ0v) is 85.9. The van der Waals surface area contributed by atoms with E-state index in [-0.39, 0.29) is 159 Å². The summed E-state index contributed by atoms with van der Waals surface area (Å²) in [5.41, 5.74) is 3.24. The summed E-state index contributed by atoms with van der Waals surface area (Å²) in [6.45, 7) is 45.9. The van der Waals surface area contributed by atoms with Gasteiger partial charge in [0, 0.05) is 36.1 Å². The molecule has 0 fully saturated rings. The number of benzene rings is 7. The molecule has 2 amide bonds. The summed E-state index contributed by atoms with van der Waals surface area (Å²) < 4.78 is 178. The molecule has 3 unspecified atom stereocenters. The van der Waals surface area contributed by atoms with Crippen LogP contribution in [0.4, 0.5) is 0 Å². The van der Waals surface area contributed by atoms with Gasteiger partial charge in [0.25, 0.3) is 11.8 Å². The van der Waals surface area contributed by atoms with Crippen LogP contribution in [0.1, 0.15) is 297 Å². The van der Waals surface area contributed by atoms with E-state index in [9.17, 15) is 80.2 Å². The number of hydrogen-bond acceptors (Lipinski definition) is 23. The Morgan fingerprint density at radius 1 is 0.343 bits per heavy atom. The minimum atomic E-state index is -3.55. The van der Waals surface area contributed by atoms with Gasteiger partial charge in [0.2, 0.25) is 0 Å². The molecule has 24 nitrogen and oxygen atoms in total. The number of imide groups is 1. The predicted octanol–water partition coefficient (Wildman–Crippen LogP) is 20.7. The lowest BCUT2D eigenvalue weighted by molar-refractivity contribution is -0.131. The van der Waals surface area contributed by atoms with E-state index in [1.54, 1.807) is 139 Å². The number of ether oxygens (including phenoxy) is 5. The number of sulfone groups is 6. The molecule has 7 aliphatic rings. The van der Waals surface area contributed by atoms with Gasteiger partial charge in [-0.25, -0.2) is 50.5 Å². The van der Waals surface area contributed by atoms with Crippen LogP contribution in [-0.2, 0) is 63.8 Å². The number of phenols is 1. The van der Waals surface area contributed by atoms with E-state index in [1.807, 2.05) is 93.5 Å². The maximum atomic E-state index is 13.0. The van der Waals surface area contributed by atoms with E-state index in [0.717, 1.165) is 47.9 Å². The van der Waals surface area contributed by atoms with Crippen molar-refractivity contribution >= 4 is 76.8 Å². The van der Waals surface area contributed by atoms with Crippen LogP contribution in [0.3, 0.4) is 0 Å². The highest BCUT2D eigenvalue weighted by Crippen LogP contribution is 2.52. The van der Waals surface area contributed by atoms with Gasteiger partial charge in [0.05, 0.1) is 115 Å². The molecular weight excluding hydrogens is 1820 g/mol. The normalized spacial score (nSPS) is 26.0. The van der Waals surface area contributed by atoms with Crippen molar-refractivity contribution in [3.8, 4) is 34.5 Å². The number of amides is 2. The number of nitrogens with zero attached hydrogens (tertiary/aromatic N) is 1. The first-order valence-electron chi connectivity index (χ1n) is 44.9. The Balaban J connectivity index is 0.000000251. The Bertz CT molecular complexity index is 5840. The summed E-state index contributed by atoms with van der Waals surface area (Å²) in [5.74, 6) is 3.31. The van der Waals surface area contributed by atoms with Crippen LogP contribution >= 0.6 is 0 Å². The van der Waals surface area contributed by atoms with Gasteiger partial charge in [-0.15, -0.1) is 0 Å². The maximum Gasteiger partial charge on any atom is 0.308 e. The number of aromatic hydroxyl groups is 1.